The predicted octanol–water partition coefficient (Wildman–Crippen LogP) is 2.56. The monoisotopic (exact) mass is 458 g/mol. The molecule has 4 heterocycles. The zero-order valence-corrected chi connectivity index (χ0v) is 19.0. The highest BCUT2D eigenvalue weighted by molar-refractivity contribution is 6.32. The van der Waals surface area contributed by atoms with Crippen LogP contribution >= 0.6 is 11.6 Å². The number of hydrogen-bond acceptors (Lipinski definition) is 7. The third-order valence-electron chi connectivity index (χ3n) is 6.42. The van der Waals surface area contributed by atoms with E-state index in [2.05, 4.69) is 9.89 Å². The Bertz CT molecular complexity index is 1080. The van der Waals surface area contributed by atoms with Gasteiger partial charge in [-0.25, -0.2) is 0 Å². The second-order valence-corrected chi connectivity index (χ2v) is 8.70. The normalized spacial score (nSPS) is 18.6. The largest absolute Gasteiger partial charge is 0.506 e. The van der Waals surface area contributed by atoms with Gasteiger partial charge < -0.3 is 14.7 Å². The van der Waals surface area contributed by atoms with Crippen LogP contribution in [0.3, 0.4) is 0 Å². The molecular weight excluding hydrogens is 432 g/mol. The quantitative estimate of drug-likeness (QED) is 0.741. The predicted molar refractivity (Wildman–Crippen MR) is 123 cm³/mol. The smallest absolute Gasteiger partial charge is 0.281 e. The van der Waals surface area contributed by atoms with Crippen molar-refractivity contribution in [3.63, 3.8) is 0 Å². The number of nitrogens with zero attached hydrogens (tertiary/aromatic N) is 6. The number of phenolic OH excluding ortho intramolecular Hbond substituents is 1. The van der Waals surface area contributed by atoms with Gasteiger partial charge in [0.05, 0.1) is 18.1 Å². The van der Waals surface area contributed by atoms with Crippen molar-refractivity contribution in [3.05, 3.63) is 34.5 Å². The Hall–Kier alpha value is -2.78. The van der Waals surface area contributed by atoms with Gasteiger partial charge in [0.15, 0.2) is 11.5 Å². The highest BCUT2D eigenvalue weighted by Crippen LogP contribution is 2.36. The van der Waals surface area contributed by atoms with Gasteiger partial charge in [0.25, 0.3) is 5.91 Å². The molecular formula is C22H27ClN6O3. The second-order valence-electron chi connectivity index (χ2n) is 8.29. The molecule has 0 aliphatic carbocycles. The van der Waals surface area contributed by atoms with Crippen LogP contribution in [0.25, 0.3) is 0 Å². The Morgan fingerprint density at radius 3 is 2.81 bits per heavy atom. The van der Waals surface area contributed by atoms with E-state index in [1.807, 2.05) is 29.5 Å². The van der Waals surface area contributed by atoms with Gasteiger partial charge in [0, 0.05) is 39.4 Å². The van der Waals surface area contributed by atoms with E-state index in [1.165, 1.54) is 0 Å². The van der Waals surface area contributed by atoms with E-state index < -0.39 is 0 Å². The van der Waals surface area contributed by atoms with Gasteiger partial charge in [-0.2, -0.15) is 4.98 Å². The van der Waals surface area contributed by atoms with E-state index in [9.17, 15) is 9.90 Å². The van der Waals surface area contributed by atoms with Gasteiger partial charge >= 0.3 is 0 Å². The van der Waals surface area contributed by atoms with E-state index in [1.54, 1.807) is 17.0 Å². The summed E-state index contributed by atoms with van der Waals surface area (Å²) in [5.74, 6) is 2.03. The Balaban J connectivity index is 1.63. The number of halogens is 1. The number of carbonyl (C=O) groups is 1. The third kappa shape index (κ3) is 3.40. The summed E-state index contributed by atoms with van der Waals surface area (Å²) in [6.07, 6.45) is 1.81. The van der Waals surface area contributed by atoms with Gasteiger partial charge in [0.2, 0.25) is 11.9 Å². The molecule has 1 saturated heterocycles. The number of fused-ring (bicyclic) bond motifs is 3. The molecule has 0 saturated carbocycles. The maximum absolute atomic E-state index is 13.6. The van der Waals surface area contributed by atoms with E-state index in [0.717, 1.165) is 24.4 Å². The van der Waals surface area contributed by atoms with Gasteiger partial charge in [-0.1, -0.05) is 17.7 Å². The molecule has 1 aromatic carbocycles. The summed E-state index contributed by atoms with van der Waals surface area (Å²) in [7, 11) is 2.03. The molecule has 2 aromatic rings. The molecule has 3 aliphatic rings. The van der Waals surface area contributed by atoms with Gasteiger partial charge in [-0.3, -0.25) is 24.2 Å². The molecule has 0 spiro atoms. The topological polar surface area (TPSA) is 86.4 Å². The van der Waals surface area contributed by atoms with E-state index in [-0.39, 0.29) is 22.7 Å². The number of ether oxygens (including phenoxy) is 1. The lowest BCUT2D eigenvalue weighted by Crippen LogP contribution is -2.50. The molecule has 3 aliphatic heterocycles. The SMILES string of the molecule is CCN1C(=O)c2c(nc(N(C)C3CCOCC3)n2Cc2ccc(O)c(Cl)c2)N2CCN=C12. The van der Waals surface area contributed by atoms with E-state index in [4.69, 9.17) is 21.3 Å². The van der Waals surface area contributed by atoms with Crippen molar-refractivity contribution in [2.75, 3.05) is 49.7 Å². The van der Waals surface area contributed by atoms with Crippen molar-refractivity contribution in [2.24, 2.45) is 4.99 Å². The van der Waals surface area contributed by atoms with Crippen molar-refractivity contribution >= 4 is 35.2 Å². The van der Waals surface area contributed by atoms with E-state index in [0.29, 0.717) is 56.9 Å². The van der Waals surface area contributed by atoms with Crippen LogP contribution in [0.5, 0.6) is 5.75 Å². The zero-order valence-electron chi connectivity index (χ0n) is 18.3. The molecule has 1 N–H and O–H groups in total. The minimum atomic E-state index is -0.0941. The van der Waals surface area contributed by atoms with Crippen LogP contribution in [0.1, 0.15) is 35.8 Å². The Morgan fingerprint density at radius 1 is 1.31 bits per heavy atom. The molecule has 10 heteroatoms. The molecule has 170 valence electrons. The highest BCUT2D eigenvalue weighted by Gasteiger charge is 2.42. The fourth-order valence-corrected chi connectivity index (χ4v) is 4.89. The summed E-state index contributed by atoms with van der Waals surface area (Å²) in [5, 5.41) is 10.1. The standard InChI is InChI=1S/C22H27ClN6O3/c1-3-27-20(31)18-19(28-9-8-24-21(27)28)25-22(26(2)15-6-10-32-11-7-15)29(18)13-14-4-5-17(30)16(23)12-14/h4-5,12,15,30H,3,6-11,13H2,1-2H3. The molecule has 32 heavy (non-hydrogen) atoms. The lowest BCUT2D eigenvalue weighted by Gasteiger charge is -2.33. The number of guanidine groups is 1. The Kier molecular flexibility index (Phi) is 5.46. The number of rotatable bonds is 5. The average Bonchev–Trinajstić information content (AvgIpc) is 3.42. The number of carbonyl (C=O) groups excluding carboxylic acids is 1. The third-order valence-corrected chi connectivity index (χ3v) is 6.72. The molecule has 0 atom stereocenters. The van der Waals surface area contributed by atoms with Crippen LogP contribution < -0.4 is 9.80 Å². The second kappa shape index (κ2) is 8.29. The zero-order chi connectivity index (χ0) is 22.4. The van der Waals surface area contributed by atoms with Crippen LogP contribution in [0.2, 0.25) is 5.02 Å². The molecule has 0 bridgehead atoms. The van der Waals surface area contributed by atoms with Crippen LogP contribution in [0.15, 0.2) is 23.2 Å². The van der Waals surface area contributed by atoms with Crippen molar-refractivity contribution in [1.29, 1.82) is 0 Å². The van der Waals surface area contributed by atoms with Crippen LogP contribution in [-0.2, 0) is 11.3 Å². The number of imidazole rings is 1. The number of anilines is 2. The van der Waals surface area contributed by atoms with Crippen molar-refractivity contribution in [3.8, 4) is 5.75 Å². The lowest BCUT2D eigenvalue weighted by atomic mass is 10.1. The Labute approximate surface area is 191 Å². The van der Waals surface area contributed by atoms with Crippen molar-refractivity contribution in [1.82, 2.24) is 14.5 Å². The number of amides is 1. The minimum Gasteiger partial charge on any atom is -0.506 e. The molecule has 9 nitrogen and oxygen atoms in total. The first-order valence-corrected chi connectivity index (χ1v) is 11.4. The summed E-state index contributed by atoms with van der Waals surface area (Å²) in [6, 6.07) is 5.40. The van der Waals surface area contributed by atoms with Crippen molar-refractivity contribution in [2.45, 2.75) is 32.4 Å². The number of benzene rings is 1. The number of aliphatic imine (C=N–C) groups is 1. The molecule has 0 radical (unpaired) electrons. The van der Waals surface area contributed by atoms with Crippen LogP contribution in [0.4, 0.5) is 11.8 Å². The molecule has 5 rings (SSSR count). The molecule has 1 amide bonds. The highest BCUT2D eigenvalue weighted by atomic mass is 35.5. The minimum absolute atomic E-state index is 0.0359. The van der Waals surface area contributed by atoms with Gasteiger partial charge in [-0.15, -0.1) is 0 Å². The van der Waals surface area contributed by atoms with Gasteiger partial charge in [-0.05, 0) is 37.5 Å². The number of aromatic nitrogens is 2. The summed E-state index contributed by atoms with van der Waals surface area (Å²) >= 11 is 6.17. The number of aromatic hydroxyl groups is 1. The van der Waals surface area contributed by atoms with Crippen LogP contribution in [0, 0.1) is 0 Å². The van der Waals surface area contributed by atoms with Gasteiger partial charge in [0.1, 0.15) is 5.75 Å². The summed E-state index contributed by atoms with van der Waals surface area (Å²) < 4.78 is 7.52. The first-order chi connectivity index (χ1) is 15.5. The van der Waals surface area contributed by atoms with Crippen molar-refractivity contribution < 1.29 is 14.6 Å². The molecule has 1 aromatic heterocycles. The lowest BCUT2D eigenvalue weighted by molar-refractivity contribution is 0.0831. The fraction of sp³-hybridized carbons (Fsp3) is 0.500. The maximum atomic E-state index is 13.6. The number of phenols is 1. The molecule has 0 unspecified atom stereocenters. The molecule has 1 fully saturated rings. The number of hydrogen-bond donors (Lipinski definition) is 1. The van der Waals surface area contributed by atoms with E-state index >= 15 is 0 Å². The summed E-state index contributed by atoms with van der Waals surface area (Å²) in [6.45, 7) is 5.68. The van der Waals surface area contributed by atoms with Crippen LogP contribution in [-0.4, -0.2) is 77.4 Å². The summed E-state index contributed by atoms with van der Waals surface area (Å²) in [4.78, 5) is 29.1. The average molecular weight is 459 g/mol. The fourth-order valence-electron chi connectivity index (χ4n) is 4.68. The maximum Gasteiger partial charge on any atom is 0.281 e. The first kappa shape index (κ1) is 21.1. The first-order valence-electron chi connectivity index (χ1n) is 11.0. The summed E-state index contributed by atoms with van der Waals surface area (Å²) in [5.41, 5.74) is 1.44. The Morgan fingerprint density at radius 2 is 2.09 bits per heavy atom.